The first kappa shape index (κ1) is 20.5. The lowest BCUT2D eigenvalue weighted by Gasteiger charge is -2.11. The number of nitrogens with zero attached hydrogens (tertiary/aromatic N) is 4. The van der Waals surface area contributed by atoms with E-state index in [4.69, 9.17) is 0 Å². The third-order valence-corrected chi connectivity index (χ3v) is 6.29. The van der Waals surface area contributed by atoms with Crippen molar-refractivity contribution in [2.24, 2.45) is 0 Å². The van der Waals surface area contributed by atoms with Gasteiger partial charge in [-0.25, -0.2) is 15.0 Å². The Kier molecular flexibility index (Phi) is 4.86. The van der Waals surface area contributed by atoms with Gasteiger partial charge >= 0.3 is 0 Å². The highest BCUT2D eigenvalue weighted by molar-refractivity contribution is 5.97. The molecule has 4 aromatic rings. The van der Waals surface area contributed by atoms with Crippen LogP contribution in [0.1, 0.15) is 52.0 Å². The summed E-state index contributed by atoms with van der Waals surface area (Å²) in [5, 5.41) is 6.06. The van der Waals surface area contributed by atoms with Gasteiger partial charge in [-0.15, -0.1) is 0 Å². The molecule has 0 atom stereocenters. The van der Waals surface area contributed by atoms with Gasteiger partial charge in [0.1, 0.15) is 23.9 Å². The molecule has 0 spiro atoms. The fourth-order valence-electron chi connectivity index (χ4n) is 4.03. The molecule has 0 radical (unpaired) electrons. The van der Waals surface area contributed by atoms with Crippen LogP contribution in [-0.4, -0.2) is 43.4 Å². The van der Waals surface area contributed by atoms with Crippen LogP contribution in [0.5, 0.6) is 0 Å². The summed E-state index contributed by atoms with van der Waals surface area (Å²) in [6, 6.07) is 13.7. The van der Waals surface area contributed by atoms with Gasteiger partial charge in [-0.05, 0) is 62.4 Å². The lowest BCUT2D eigenvalue weighted by atomic mass is 10.1. The van der Waals surface area contributed by atoms with Gasteiger partial charge in [0.2, 0.25) is 0 Å². The predicted octanol–water partition coefficient (Wildman–Crippen LogP) is 3.58. The van der Waals surface area contributed by atoms with E-state index in [9.17, 15) is 9.59 Å². The van der Waals surface area contributed by atoms with Crippen molar-refractivity contribution in [1.82, 2.24) is 30.2 Å². The van der Waals surface area contributed by atoms with Crippen molar-refractivity contribution < 1.29 is 9.59 Å². The molecule has 2 aliphatic rings. The average molecular weight is 453 g/mol. The first-order valence-corrected chi connectivity index (χ1v) is 11.6. The molecule has 2 N–H and O–H groups in total. The van der Waals surface area contributed by atoms with Gasteiger partial charge in [0.15, 0.2) is 5.65 Å². The third-order valence-electron chi connectivity index (χ3n) is 6.29. The normalized spacial score (nSPS) is 15.3. The number of carbonyl (C=O) groups is 2. The van der Waals surface area contributed by atoms with Crippen molar-refractivity contribution >= 4 is 23.0 Å². The number of carbonyl (C=O) groups excluding carboxylic acids is 2. The Bertz CT molecular complexity index is 1430. The van der Waals surface area contributed by atoms with Gasteiger partial charge < -0.3 is 10.6 Å². The highest BCUT2D eigenvalue weighted by atomic mass is 16.2. The van der Waals surface area contributed by atoms with Gasteiger partial charge in [-0.3, -0.25) is 14.2 Å². The zero-order valence-electron chi connectivity index (χ0n) is 18.8. The second kappa shape index (κ2) is 8.06. The highest BCUT2D eigenvalue weighted by Gasteiger charge is 2.25. The average Bonchev–Trinajstić information content (AvgIpc) is 3.79. The third kappa shape index (κ3) is 3.91. The summed E-state index contributed by atoms with van der Waals surface area (Å²) in [5.41, 5.74) is 5.78. The summed E-state index contributed by atoms with van der Waals surface area (Å²) < 4.78 is 1.88. The van der Waals surface area contributed by atoms with Crippen molar-refractivity contribution in [1.29, 1.82) is 0 Å². The molecule has 2 fully saturated rings. The number of nitrogens with one attached hydrogen (secondary N) is 2. The number of aryl methyl sites for hydroxylation is 1. The molecule has 6 rings (SSSR count). The van der Waals surface area contributed by atoms with Crippen molar-refractivity contribution in [2.45, 2.75) is 44.7 Å². The van der Waals surface area contributed by atoms with E-state index in [1.54, 1.807) is 12.4 Å². The highest BCUT2D eigenvalue weighted by Crippen LogP contribution is 2.28. The molecule has 34 heavy (non-hydrogen) atoms. The summed E-state index contributed by atoms with van der Waals surface area (Å²) in [7, 11) is 0. The molecule has 2 aliphatic carbocycles. The minimum absolute atomic E-state index is 0.0650. The van der Waals surface area contributed by atoms with E-state index in [1.165, 1.54) is 6.33 Å². The fraction of sp³-hybridized carbons (Fsp3) is 0.269. The summed E-state index contributed by atoms with van der Waals surface area (Å²) in [6.45, 7) is 1.99. The molecule has 8 nitrogen and oxygen atoms in total. The van der Waals surface area contributed by atoms with Crippen LogP contribution in [0, 0.1) is 6.92 Å². The zero-order chi connectivity index (χ0) is 23.2. The zero-order valence-corrected chi connectivity index (χ0v) is 18.8. The number of hydrogen-bond acceptors (Lipinski definition) is 5. The van der Waals surface area contributed by atoms with E-state index >= 15 is 0 Å². The van der Waals surface area contributed by atoms with E-state index < -0.39 is 0 Å². The van der Waals surface area contributed by atoms with Crippen LogP contribution in [-0.2, 0) is 0 Å². The Labute approximate surface area is 196 Å². The van der Waals surface area contributed by atoms with Crippen LogP contribution in [0.3, 0.4) is 0 Å². The molecule has 2 aromatic carbocycles. The largest absolute Gasteiger partial charge is 0.349 e. The van der Waals surface area contributed by atoms with E-state index in [-0.39, 0.29) is 11.8 Å². The summed E-state index contributed by atoms with van der Waals surface area (Å²) in [5.74, 6) is -0.137. The van der Waals surface area contributed by atoms with Gasteiger partial charge in [0.25, 0.3) is 11.8 Å². The SMILES string of the molecule is Cc1ccc(C(=O)NC2CC2)cc1-n1cnc2c(-c3cccc(C(=O)NC4CC4)c3)ncnc21. The lowest BCUT2D eigenvalue weighted by Crippen LogP contribution is -2.25. The van der Waals surface area contributed by atoms with Gasteiger partial charge in [0.05, 0.1) is 5.69 Å². The number of benzene rings is 2. The summed E-state index contributed by atoms with van der Waals surface area (Å²) >= 11 is 0. The molecule has 170 valence electrons. The lowest BCUT2D eigenvalue weighted by molar-refractivity contribution is 0.0942. The topological polar surface area (TPSA) is 102 Å². The van der Waals surface area contributed by atoms with E-state index in [0.29, 0.717) is 40.1 Å². The maximum atomic E-state index is 12.6. The van der Waals surface area contributed by atoms with Crippen molar-refractivity contribution in [3.63, 3.8) is 0 Å². The fourth-order valence-corrected chi connectivity index (χ4v) is 4.03. The summed E-state index contributed by atoms with van der Waals surface area (Å²) in [6.07, 6.45) is 7.37. The van der Waals surface area contributed by atoms with E-state index in [0.717, 1.165) is 42.5 Å². The van der Waals surface area contributed by atoms with Crippen molar-refractivity contribution in [2.75, 3.05) is 0 Å². The van der Waals surface area contributed by atoms with Crippen LogP contribution in [0.2, 0.25) is 0 Å². The minimum atomic E-state index is -0.0721. The molecular formula is C26H24N6O2. The Morgan fingerprint density at radius 1 is 0.882 bits per heavy atom. The molecule has 0 aliphatic heterocycles. The van der Waals surface area contributed by atoms with E-state index in [1.807, 2.05) is 47.9 Å². The number of imidazole rings is 1. The first-order chi connectivity index (χ1) is 16.6. The smallest absolute Gasteiger partial charge is 0.251 e. The van der Waals surface area contributed by atoms with E-state index in [2.05, 4.69) is 25.6 Å². The Balaban J connectivity index is 1.38. The number of rotatable bonds is 6. The predicted molar refractivity (Wildman–Crippen MR) is 128 cm³/mol. The molecule has 2 amide bonds. The van der Waals surface area contributed by atoms with Crippen LogP contribution in [0.4, 0.5) is 0 Å². The Hall–Kier alpha value is -4.07. The monoisotopic (exact) mass is 452 g/mol. The molecule has 8 heteroatoms. The van der Waals surface area contributed by atoms with Crippen LogP contribution in [0.25, 0.3) is 28.1 Å². The van der Waals surface area contributed by atoms with Gasteiger partial charge in [-0.2, -0.15) is 0 Å². The molecule has 0 saturated heterocycles. The molecule has 0 unspecified atom stereocenters. The van der Waals surface area contributed by atoms with Crippen molar-refractivity contribution in [3.8, 4) is 16.9 Å². The minimum Gasteiger partial charge on any atom is -0.349 e. The second-order valence-electron chi connectivity index (χ2n) is 9.09. The quantitative estimate of drug-likeness (QED) is 0.466. The molecule has 0 bridgehead atoms. The molecule has 2 aromatic heterocycles. The second-order valence-corrected chi connectivity index (χ2v) is 9.09. The maximum Gasteiger partial charge on any atom is 0.251 e. The molecule has 2 saturated carbocycles. The van der Waals surface area contributed by atoms with Crippen LogP contribution >= 0.6 is 0 Å². The first-order valence-electron chi connectivity index (χ1n) is 11.6. The summed E-state index contributed by atoms with van der Waals surface area (Å²) in [4.78, 5) is 38.7. The standard InChI is InChI=1S/C26H24N6O2/c1-15-5-6-18(26(34)31-20-9-10-20)12-21(15)32-14-29-23-22(27-13-28-24(23)32)16-3-2-4-17(11-16)25(33)30-19-7-8-19/h2-6,11-14,19-20H,7-10H2,1H3,(H,30,33)(H,31,34). The Morgan fingerprint density at radius 2 is 1.59 bits per heavy atom. The number of fused-ring (bicyclic) bond motifs is 1. The number of hydrogen-bond donors (Lipinski definition) is 2. The van der Waals surface area contributed by atoms with Gasteiger partial charge in [-0.1, -0.05) is 18.2 Å². The van der Waals surface area contributed by atoms with Gasteiger partial charge in [0, 0.05) is 28.8 Å². The molecule has 2 heterocycles. The van der Waals surface area contributed by atoms with Crippen LogP contribution in [0.15, 0.2) is 55.1 Å². The van der Waals surface area contributed by atoms with Crippen molar-refractivity contribution in [3.05, 3.63) is 71.8 Å². The number of amides is 2. The maximum absolute atomic E-state index is 12.6. The number of aromatic nitrogens is 4. The Morgan fingerprint density at radius 3 is 2.29 bits per heavy atom. The molecular weight excluding hydrogens is 428 g/mol. The van der Waals surface area contributed by atoms with Crippen LogP contribution < -0.4 is 10.6 Å².